The minimum atomic E-state index is 0.343. The van der Waals surface area contributed by atoms with Crippen LogP contribution < -0.4 is 0 Å². The molecule has 0 spiro atoms. The van der Waals surface area contributed by atoms with Gasteiger partial charge in [-0.05, 0) is 13.3 Å². The highest BCUT2D eigenvalue weighted by atomic mass is 16.6. The Morgan fingerprint density at radius 3 is 2.78 bits per heavy atom. The highest BCUT2D eigenvalue weighted by molar-refractivity contribution is 6.27. The van der Waals surface area contributed by atoms with Gasteiger partial charge in [-0.15, -0.1) is 0 Å². The van der Waals surface area contributed by atoms with Crippen LogP contribution in [-0.2, 0) is 9.23 Å². The zero-order valence-electron chi connectivity index (χ0n) is 6.52. The average Bonchev–Trinajstić information content (AvgIpc) is 1.85. The molecule has 0 aromatic heterocycles. The number of rotatable bonds is 5. The first-order valence-corrected chi connectivity index (χ1v) is 3.41. The van der Waals surface area contributed by atoms with Crippen LogP contribution in [0.5, 0.6) is 0 Å². The molecule has 52 valence electrons. The summed E-state index contributed by atoms with van der Waals surface area (Å²) in [6.07, 6.45) is 2.63. The van der Waals surface area contributed by atoms with Crippen molar-refractivity contribution in [3.8, 4) is 0 Å². The molecule has 0 fully saturated rings. The minimum absolute atomic E-state index is 0.343. The largest absolute Gasteiger partial charge is 0.483 e. The van der Waals surface area contributed by atoms with Gasteiger partial charge in [-0.25, -0.2) is 0 Å². The van der Waals surface area contributed by atoms with Gasteiger partial charge in [0.15, 0.2) is 0 Å². The van der Waals surface area contributed by atoms with Gasteiger partial charge in [0.2, 0.25) is 8.05 Å². The lowest BCUT2D eigenvalue weighted by Crippen LogP contribution is -2.12. The van der Waals surface area contributed by atoms with E-state index in [-0.39, 0.29) is 0 Å². The van der Waals surface area contributed by atoms with Crippen LogP contribution in [0.4, 0.5) is 0 Å². The van der Waals surface area contributed by atoms with Crippen molar-refractivity contribution in [1.82, 2.24) is 0 Å². The van der Waals surface area contributed by atoms with Gasteiger partial charge in [0, 0.05) is 6.10 Å². The molecule has 0 saturated carbocycles. The Labute approximate surface area is 58.7 Å². The summed E-state index contributed by atoms with van der Waals surface area (Å²) in [5.74, 6) is 0. The first kappa shape index (κ1) is 9.05. The Morgan fingerprint density at radius 2 is 2.33 bits per heavy atom. The lowest BCUT2D eigenvalue weighted by atomic mass is 10.2. The third-order valence-corrected chi connectivity index (χ3v) is 1.17. The van der Waals surface area contributed by atoms with Crippen LogP contribution in [0.15, 0.2) is 0 Å². The Hall–Kier alpha value is 0.0499. The molecular weight excluding hydrogens is 114 g/mol. The summed E-state index contributed by atoms with van der Waals surface area (Å²) in [6.45, 7) is 4.20. The van der Waals surface area contributed by atoms with Gasteiger partial charge in [-0.2, -0.15) is 0 Å². The molecule has 0 aliphatic rings. The van der Waals surface area contributed by atoms with Crippen molar-refractivity contribution in [1.29, 1.82) is 0 Å². The first-order chi connectivity index (χ1) is 4.31. The van der Waals surface area contributed by atoms with Crippen LogP contribution in [0.1, 0.15) is 26.7 Å². The van der Waals surface area contributed by atoms with Crippen molar-refractivity contribution < 1.29 is 9.23 Å². The van der Waals surface area contributed by atoms with Crippen molar-refractivity contribution in [3.05, 3.63) is 0 Å². The van der Waals surface area contributed by atoms with Gasteiger partial charge in [-0.3, -0.25) is 0 Å². The molecule has 1 atom stereocenters. The topological polar surface area (TPSA) is 18.5 Å². The number of hydrogen-bond acceptors (Lipinski definition) is 2. The molecule has 0 aromatic rings. The molecule has 0 heterocycles. The molecule has 0 N–H and O–H groups in total. The van der Waals surface area contributed by atoms with E-state index in [1.165, 1.54) is 6.42 Å². The second-order valence-corrected chi connectivity index (χ2v) is 2.17. The van der Waals surface area contributed by atoms with Crippen LogP contribution in [0, 0.1) is 0 Å². The van der Waals surface area contributed by atoms with Crippen LogP contribution in [0.25, 0.3) is 0 Å². The maximum absolute atomic E-state index is 5.21. The minimum Gasteiger partial charge on any atom is -0.483 e. The third kappa shape index (κ3) is 5.93. The maximum Gasteiger partial charge on any atom is 0.422 e. The Bertz CT molecular complexity index is 60.9. The first-order valence-electron chi connectivity index (χ1n) is 3.41. The van der Waals surface area contributed by atoms with Gasteiger partial charge in [-0.1, -0.05) is 13.3 Å². The molecule has 4 heteroatoms. The fourth-order valence-corrected chi connectivity index (χ4v) is 0.674. The van der Waals surface area contributed by atoms with E-state index < -0.39 is 0 Å². The van der Waals surface area contributed by atoms with Crippen molar-refractivity contribution in [2.75, 3.05) is 0 Å². The molecule has 9 heavy (non-hydrogen) atoms. The summed E-state index contributed by atoms with van der Waals surface area (Å²) in [5, 5.41) is 0. The predicted molar refractivity (Wildman–Crippen MR) is 42.2 cm³/mol. The lowest BCUT2D eigenvalue weighted by Gasteiger charge is -2.09. The Kier molecular flexibility index (Phi) is 6.21. The van der Waals surface area contributed by atoms with Crippen molar-refractivity contribution >= 4 is 15.7 Å². The van der Waals surface area contributed by atoms with Crippen molar-refractivity contribution in [3.63, 3.8) is 0 Å². The monoisotopic (exact) mass is 128 g/mol. The summed E-state index contributed by atoms with van der Waals surface area (Å²) < 4.78 is 9.95. The second kappa shape index (κ2) is 6.17. The van der Waals surface area contributed by atoms with Crippen LogP contribution in [0.2, 0.25) is 0 Å². The van der Waals surface area contributed by atoms with Crippen LogP contribution in [0.3, 0.4) is 0 Å². The van der Waals surface area contributed by atoms with E-state index in [4.69, 9.17) is 9.23 Å². The summed E-state index contributed by atoms with van der Waals surface area (Å²) >= 11 is 0. The van der Waals surface area contributed by atoms with Crippen LogP contribution >= 0.6 is 0 Å². The molecule has 0 radical (unpaired) electrons. The molecule has 2 nitrogen and oxygen atoms in total. The summed E-state index contributed by atoms with van der Waals surface area (Å²) in [4.78, 5) is 0. The molecular formula is C5H14B2O2. The quantitative estimate of drug-likeness (QED) is 0.486. The summed E-state index contributed by atoms with van der Waals surface area (Å²) in [7, 11) is 2.06. The smallest absolute Gasteiger partial charge is 0.422 e. The summed E-state index contributed by atoms with van der Waals surface area (Å²) in [5.41, 5.74) is 0. The van der Waals surface area contributed by atoms with Crippen molar-refractivity contribution in [2.45, 2.75) is 32.8 Å². The standard InChI is InChI=1S/C5H14B2O2/c1-3-4-5(2)8-7-9-6/h5,7H,3-4,6H2,1-2H3. The Morgan fingerprint density at radius 1 is 1.67 bits per heavy atom. The molecule has 0 saturated heterocycles. The van der Waals surface area contributed by atoms with Gasteiger partial charge < -0.3 is 9.23 Å². The molecule has 0 aliphatic carbocycles. The SMILES string of the molecule is BOBOC(C)CCC. The van der Waals surface area contributed by atoms with E-state index in [2.05, 4.69) is 13.8 Å². The van der Waals surface area contributed by atoms with E-state index >= 15 is 0 Å². The molecule has 1 unspecified atom stereocenters. The van der Waals surface area contributed by atoms with E-state index in [0.29, 0.717) is 13.8 Å². The summed E-state index contributed by atoms with van der Waals surface area (Å²) in [6, 6.07) is 0. The van der Waals surface area contributed by atoms with Gasteiger partial charge in [0.05, 0.1) is 0 Å². The van der Waals surface area contributed by atoms with Gasteiger partial charge in [0.25, 0.3) is 0 Å². The molecule has 0 amide bonds. The molecule has 0 aliphatic heterocycles. The van der Waals surface area contributed by atoms with Crippen LogP contribution in [-0.4, -0.2) is 21.8 Å². The predicted octanol–water partition coefficient (Wildman–Crippen LogP) is 0.0228. The van der Waals surface area contributed by atoms with Crippen molar-refractivity contribution in [2.24, 2.45) is 0 Å². The maximum atomic E-state index is 5.21. The molecule has 0 bridgehead atoms. The van der Waals surface area contributed by atoms with E-state index in [1.807, 2.05) is 0 Å². The zero-order chi connectivity index (χ0) is 7.11. The normalized spacial score (nSPS) is 13.1. The van der Waals surface area contributed by atoms with E-state index in [0.717, 1.165) is 6.42 Å². The third-order valence-electron chi connectivity index (χ3n) is 1.17. The molecule has 0 aromatic carbocycles. The van der Waals surface area contributed by atoms with E-state index in [9.17, 15) is 0 Å². The second-order valence-electron chi connectivity index (χ2n) is 2.17. The fraction of sp³-hybridized carbons (Fsp3) is 1.00. The molecule has 0 rings (SSSR count). The average molecular weight is 128 g/mol. The highest BCUT2D eigenvalue weighted by Crippen LogP contribution is 1.98. The number of hydrogen-bond donors (Lipinski definition) is 0. The van der Waals surface area contributed by atoms with E-state index in [1.54, 1.807) is 8.05 Å². The highest BCUT2D eigenvalue weighted by Gasteiger charge is 1.98. The zero-order valence-corrected chi connectivity index (χ0v) is 6.52. The Balaban J connectivity index is 2.95. The van der Waals surface area contributed by atoms with Gasteiger partial charge >= 0.3 is 7.69 Å². The fourth-order valence-electron chi connectivity index (χ4n) is 0.674. The lowest BCUT2D eigenvalue weighted by molar-refractivity contribution is 0.196. The van der Waals surface area contributed by atoms with Gasteiger partial charge in [0.1, 0.15) is 0 Å².